The van der Waals surface area contributed by atoms with Gasteiger partial charge in [-0.15, -0.1) is 10.2 Å². The molecule has 4 aliphatic heterocycles. The third kappa shape index (κ3) is 3.74. The third-order valence-electron chi connectivity index (χ3n) is 7.63. The minimum atomic E-state index is -1.34. The van der Waals surface area contributed by atoms with E-state index in [9.17, 15) is 8.78 Å². The van der Waals surface area contributed by atoms with Gasteiger partial charge in [0.2, 0.25) is 5.95 Å². The number of benzene rings is 1. The summed E-state index contributed by atoms with van der Waals surface area (Å²) < 4.78 is 35.7. The highest BCUT2D eigenvalue weighted by atomic mass is 35.5. The Morgan fingerprint density at radius 2 is 1.84 bits per heavy atom. The summed E-state index contributed by atoms with van der Waals surface area (Å²) in [6, 6.07) is 10.5. The van der Waals surface area contributed by atoms with Crippen LogP contribution in [0.1, 0.15) is 17.1 Å². The zero-order valence-electron chi connectivity index (χ0n) is 19.9. The normalized spacial score (nSPS) is 21.2. The standard InChI is InChI=1S/C25H23ClF2N8O/c26-17-1-3-20-16(5-17)7-33(13-25(28)14-37-15-25)8-22-31-32-23(36(20)22)35-11-24(12-35)9-34(10-24)21-4-2-18(27)19(6-29)30-21/h1-5H,7-15H2. The van der Waals surface area contributed by atoms with E-state index in [0.717, 1.165) is 49.2 Å². The van der Waals surface area contributed by atoms with Crippen LogP contribution in [-0.4, -0.2) is 76.3 Å². The Kier molecular flexibility index (Phi) is 4.99. The molecule has 7 rings (SSSR count). The monoisotopic (exact) mass is 524 g/mol. The quantitative estimate of drug-likeness (QED) is 0.515. The van der Waals surface area contributed by atoms with Crippen LogP contribution in [0.4, 0.5) is 20.5 Å². The number of anilines is 2. The van der Waals surface area contributed by atoms with Crippen molar-refractivity contribution in [1.29, 1.82) is 5.26 Å². The van der Waals surface area contributed by atoms with Gasteiger partial charge in [0.25, 0.3) is 0 Å². The van der Waals surface area contributed by atoms with Crippen LogP contribution in [-0.2, 0) is 17.8 Å². The van der Waals surface area contributed by atoms with Gasteiger partial charge in [-0.2, -0.15) is 5.26 Å². The van der Waals surface area contributed by atoms with Gasteiger partial charge in [-0.1, -0.05) is 11.6 Å². The highest BCUT2D eigenvalue weighted by Gasteiger charge is 2.53. The van der Waals surface area contributed by atoms with Crippen LogP contribution < -0.4 is 9.80 Å². The number of fused-ring (bicyclic) bond motifs is 3. The van der Waals surface area contributed by atoms with Crippen molar-refractivity contribution in [1.82, 2.24) is 24.6 Å². The molecule has 0 radical (unpaired) electrons. The van der Waals surface area contributed by atoms with E-state index in [1.807, 2.05) is 23.1 Å². The SMILES string of the molecule is N#Cc1nc(N2CC3(C2)CN(c2nnc4n2-c2ccc(Cl)cc2CN(CC2(F)COC2)C4)C3)ccc1F. The first-order chi connectivity index (χ1) is 17.8. The van der Waals surface area contributed by atoms with Crippen molar-refractivity contribution < 1.29 is 13.5 Å². The van der Waals surface area contributed by atoms with Crippen molar-refractivity contribution in [2.75, 3.05) is 55.7 Å². The lowest BCUT2D eigenvalue weighted by Crippen LogP contribution is -2.73. The van der Waals surface area contributed by atoms with Crippen molar-refractivity contribution in [3.8, 4) is 11.8 Å². The first kappa shape index (κ1) is 22.8. The fourth-order valence-electron chi connectivity index (χ4n) is 5.90. The molecule has 4 aliphatic rings. The number of rotatable bonds is 4. The molecule has 3 saturated heterocycles. The van der Waals surface area contributed by atoms with Crippen LogP contribution in [0.5, 0.6) is 0 Å². The number of nitrogens with zero attached hydrogens (tertiary/aromatic N) is 8. The smallest absolute Gasteiger partial charge is 0.231 e. The minimum absolute atomic E-state index is 0.0830. The summed E-state index contributed by atoms with van der Waals surface area (Å²) in [5, 5.41) is 18.7. The van der Waals surface area contributed by atoms with Gasteiger partial charge in [-0.3, -0.25) is 9.47 Å². The summed E-state index contributed by atoms with van der Waals surface area (Å²) in [6.45, 7) is 4.65. The maximum atomic E-state index is 14.9. The summed E-state index contributed by atoms with van der Waals surface area (Å²) in [4.78, 5) is 10.5. The van der Waals surface area contributed by atoms with Crippen molar-refractivity contribution in [2.45, 2.75) is 18.8 Å². The van der Waals surface area contributed by atoms with Crippen LogP contribution >= 0.6 is 11.6 Å². The lowest BCUT2D eigenvalue weighted by atomic mass is 9.73. The Labute approximate surface area is 216 Å². The molecule has 3 aromatic rings. The largest absolute Gasteiger partial charge is 0.375 e. The molecular formula is C25H23ClF2N8O. The van der Waals surface area contributed by atoms with E-state index in [2.05, 4.69) is 29.5 Å². The van der Waals surface area contributed by atoms with Crippen LogP contribution in [0.3, 0.4) is 0 Å². The van der Waals surface area contributed by atoms with Crippen LogP contribution in [0, 0.1) is 22.6 Å². The number of alkyl halides is 1. The molecule has 0 unspecified atom stereocenters. The number of pyridine rings is 1. The summed E-state index contributed by atoms with van der Waals surface area (Å²) in [6.07, 6.45) is 0. The van der Waals surface area contributed by atoms with E-state index in [4.69, 9.17) is 21.6 Å². The van der Waals surface area contributed by atoms with Gasteiger partial charge in [-0.25, -0.2) is 13.8 Å². The Hall–Kier alpha value is -3.33. The van der Waals surface area contributed by atoms with Gasteiger partial charge < -0.3 is 14.5 Å². The van der Waals surface area contributed by atoms with Gasteiger partial charge in [0, 0.05) is 49.7 Å². The molecule has 9 nitrogen and oxygen atoms in total. The second kappa shape index (κ2) is 8.08. The van der Waals surface area contributed by atoms with Crippen LogP contribution in [0.2, 0.25) is 5.02 Å². The van der Waals surface area contributed by atoms with Gasteiger partial charge in [0.15, 0.2) is 23.0 Å². The Balaban J connectivity index is 1.11. The molecule has 12 heteroatoms. The number of halogens is 3. The summed E-state index contributed by atoms with van der Waals surface area (Å²) in [5.74, 6) is 1.53. The molecule has 1 aromatic carbocycles. The number of aromatic nitrogens is 4. The van der Waals surface area contributed by atoms with E-state index in [-0.39, 0.29) is 30.9 Å². The Bertz CT molecular complexity index is 1440. The molecule has 2 aromatic heterocycles. The average molecular weight is 525 g/mol. The minimum Gasteiger partial charge on any atom is -0.375 e. The van der Waals surface area contributed by atoms with Crippen molar-refractivity contribution in [2.24, 2.45) is 5.41 Å². The molecule has 190 valence electrons. The highest BCUT2D eigenvalue weighted by molar-refractivity contribution is 6.30. The third-order valence-corrected chi connectivity index (χ3v) is 7.87. The highest BCUT2D eigenvalue weighted by Crippen LogP contribution is 2.44. The van der Waals surface area contributed by atoms with E-state index >= 15 is 0 Å². The lowest BCUT2D eigenvalue weighted by molar-refractivity contribution is -0.142. The van der Waals surface area contributed by atoms with E-state index in [1.165, 1.54) is 6.07 Å². The number of hydrogen-bond acceptors (Lipinski definition) is 8. The van der Waals surface area contributed by atoms with Crippen LogP contribution in [0.25, 0.3) is 5.69 Å². The van der Waals surface area contributed by atoms with Gasteiger partial charge in [0.1, 0.15) is 11.9 Å². The fraction of sp³-hybridized carbons (Fsp3) is 0.440. The molecule has 0 amide bonds. The molecule has 0 N–H and O–H groups in total. The van der Waals surface area contributed by atoms with Crippen molar-refractivity contribution in [3.05, 3.63) is 58.3 Å². The average Bonchev–Trinajstić information content (AvgIpc) is 3.13. The second-order valence-corrected chi connectivity index (χ2v) is 11.1. The molecule has 0 aliphatic carbocycles. The maximum Gasteiger partial charge on any atom is 0.231 e. The predicted molar refractivity (Wildman–Crippen MR) is 131 cm³/mol. The van der Waals surface area contributed by atoms with Crippen LogP contribution in [0.15, 0.2) is 30.3 Å². The Morgan fingerprint density at radius 1 is 1.05 bits per heavy atom. The molecule has 0 atom stereocenters. The van der Waals surface area contributed by atoms with Crippen molar-refractivity contribution in [3.63, 3.8) is 0 Å². The molecule has 1 spiro atoms. The molecule has 37 heavy (non-hydrogen) atoms. The first-order valence-corrected chi connectivity index (χ1v) is 12.5. The summed E-state index contributed by atoms with van der Waals surface area (Å²) >= 11 is 6.33. The molecule has 3 fully saturated rings. The zero-order chi connectivity index (χ0) is 25.4. The lowest BCUT2D eigenvalue weighted by Gasteiger charge is -2.60. The van der Waals surface area contributed by atoms with Gasteiger partial charge in [0.05, 0.1) is 25.4 Å². The first-order valence-electron chi connectivity index (χ1n) is 12.1. The molecular weight excluding hydrogens is 502 g/mol. The van der Waals surface area contributed by atoms with Crippen molar-refractivity contribution >= 4 is 23.4 Å². The molecule has 0 saturated carbocycles. The predicted octanol–water partition coefficient (Wildman–Crippen LogP) is 2.71. The second-order valence-electron chi connectivity index (χ2n) is 10.6. The number of ether oxygens (including phenoxy) is 1. The van der Waals surface area contributed by atoms with E-state index < -0.39 is 11.5 Å². The molecule has 0 bridgehead atoms. The van der Waals surface area contributed by atoms with Gasteiger partial charge >= 0.3 is 0 Å². The fourth-order valence-corrected chi connectivity index (χ4v) is 6.10. The molecule has 6 heterocycles. The van der Waals surface area contributed by atoms with E-state index in [1.54, 1.807) is 12.1 Å². The number of hydrogen-bond donors (Lipinski definition) is 0. The summed E-state index contributed by atoms with van der Waals surface area (Å²) in [5.41, 5.74) is 0.507. The number of nitriles is 1. The zero-order valence-corrected chi connectivity index (χ0v) is 20.6. The Morgan fingerprint density at radius 3 is 2.57 bits per heavy atom. The summed E-state index contributed by atoms with van der Waals surface area (Å²) in [7, 11) is 0. The topological polar surface area (TPSA) is 86.3 Å². The van der Waals surface area contributed by atoms with Gasteiger partial charge in [-0.05, 0) is 35.9 Å². The maximum absolute atomic E-state index is 14.9. The van der Waals surface area contributed by atoms with E-state index in [0.29, 0.717) is 23.9 Å².